The third-order valence-corrected chi connectivity index (χ3v) is 2.79. The van der Waals surface area contributed by atoms with Gasteiger partial charge in [-0.3, -0.25) is 0 Å². The van der Waals surface area contributed by atoms with Gasteiger partial charge in [-0.2, -0.15) is 13.2 Å². The van der Waals surface area contributed by atoms with E-state index in [1.54, 1.807) is 0 Å². The fourth-order valence-electron chi connectivity index (χ4n) is 1.32. The monoisotopic (exact) mass is 286 g/mol. The molecule has 1 unspecified atom stereocenters. The van der Waals surface area contributed by atoms with Crippen molar-refractivity contribution in [3.8, 4) is 0 Å². The highest BCUT2D eigenvalue weighted by molar-refractivity contribution is 6.42. The van der Waals surface area contributed by atoms with Crippen LogP contribution in [0.2, 0.25) is 10.0 Å². The lowest BCUT2D eigenvalue weighted by Gasteiger charge is -2.17. The second kappa shape index (κ2) is 5.27. The molecule has 0 bridgehead atoms. The van der Waals surface area contributed by atoms with Gasteiger partial charge in [-0.1, -0.05) is 29.3 Å². The Morgan fingerprint density at radius 3 is 2.24 bits per heavy atom. The summed E-state index contributed by atoms with van der Waals surface area (Å²) in [6.45, 7) is 0.955. The maximum atomic E-state index is 12.7. The Morgan fingerprint density at radius 2 is 1.82 bits per heavy atom. The van der Waals surface area contributed by atoms with Crippen molar-refractivity contribution < 1.29 is 17.6 Å². The second-order valence-corrected chi connectivity index (χ2v) is 4.26. The van der Waals surface area contributed by atoms with E-state index >= 15 is 0 Å². The van der Waals surface area contributed by atoms with Crippen LogP contribution in [0.1, 0.15) is 18.4 Å². The third kappa shape index (κ3) is 3.89. The predicted molar refractivity (Wildman–Crippen MR) is 60.1 cm³/mol. The summed E-state index contributed by atoms with van der Waals surface area (Å²) in [5, 5.41) is 0.153. The number of rotatable bonds is 2. The Bertz CT molecular complexity index is 434. The standard InChI is InChI=1S/C11H8Cl2F4/c1-6(14)4-8(11(15,16)17)7-2-3-9(12)10(13)5-7/h2-5,8H,1H3/b6-4-. The molecule has 1 aromatic rings. The highest BCUT2D eigenvalue weighted by Crippen LogP contribution is 2.38. The van der Waals surface area contributed by atoms with Crippen LogP contribution >= 0.6 is 23.2 Å². The van der Waals surface area contributed by atoms with Crippen LogP contribution in [-0.2, 0) is 0 Å². The molecule has 6 heteroatoms. The molecule has 0 aliphatic rings. The van der Waals surface area contributed by atoms with Gasteiger partial charge in [0.05, 0.1) is 15.9 Å². The van der Waals surface area contributed by atoms with Gasteiger partial charge in [0, 0.05) is 0 Å². The minimum absolute atomic E-state index is 0.00308. The number of alkyl halides is 3. The van der Waals surface area contributed by atoms with Crippen LogP contribution in [-0.4, -0.2) is 6.18 Å². The molecule has 0 N–H and O–H groups in total. The van der Waals surface area contributed by atoms with Crippen molar-refractivity contribution in [3.05, 3.63) is 45.7 Å². The fourth-order valence-corrected chi connectivity index (χ4v) is 1.62. The van der Waals surface area contributed by atoms with E-state index in [0.29, 0.717) is 6.08 Å². The molecule has 1 aromatic carbocycles. The van der Waals surface area contributed by atoms with E-state index in [2.05, 4.69) is 0 Å². The van der Waals surface area contributed by atoms with Crippen molar-refractivity contribution in [2.24, 2.45) is 0 Å². The van der Waals surface area contributed by atoms with Crippen LogP contribution < -0.4 is 0 Å². The molecule has 17 heavy (non-hydrogen) atoms. The van der Waals surface area contributed by atoms with Crippen molar-refractivity contribution in [2.45, 2.75) is 19.0 Å². The van der Waals surface area contributed by atoms with Gasteiger partial charge < -0.3 is 0 Å². The van der Waals surface area contributed by atoms with E-state index < -0.39 is 17.9 Å². The normalized spacial score (nSPS) is 14.9. The molecule has 0 spiro atoms. The topological polar surface area (TPSA) is 0 Å². The van der Waals surface area contributed by atoms with Crippen molar-refractivity contribution in [1.82, 2.24) is 0 Å². The summed E-state index contributed by atoms with van der Waals surface area (Å²) < 4.78 is 50.8. The molecule has 0 aliphatic heterocycles. The van der Waals surface area contributed by atoms with E-state index in [9.17, 15) is 17.6 Å². The van der Waals surface area contributed by atoms with E-state index in [0.717, 1.165) is 13.0 Å². The fraction of sp³-hybridized carbons (Fsp3) is 0.273. The van der Waals surface area contributed by atoms with Gasteiger partial charge >= 0.3 is 6.18 Å². The van der Waals surface area contributed by atoms with Crippen molar-refractivity contribution >= 4 is 23.2 Å². The minimum atomic E-state index is -4.58. The van der Waals surface area contributed by atoms with Gasteiger partial charge in [-0.25, -0.2) is 4.39 Å². The van der Waals surface area contributed by atoms with Crippen LogP contribution in [0.25, 0.3) is 0 Å². The molecule has 0 nitrogen and oxygen atoms in total. The number of allylic oxidation sites excluding steroid dienone is 2. The van der Waals surface area contributed by atoms with Crippen LogP contribution in [0.4, 0.5) is 17.6 Å². The quantitative estimate of drug-likeness (QED) is 0.629. The number of hydrogen-bond acceptors (Lipinski definition) is 0. The van der Waals surface area contributed by atoms with Gasteiger partial charge in [-0.05, 0) is 30.7 Å². The highest BCUT2D eigenvalue weighted by Gasteiger charge is 2.39. The Morgan fingerprint density at radius 1 is 1.24 bits per heavy atom. The Labute approximate surface area is 106 Å². The lowest BCUT2D eigenvalue weighted by molar-refractivity contribution is -0.139. The zero-order valence-electron chi connectivity index (χ0n) is 8.65. The minimum Gasteiger partial charge on any atom is -0.212 e. The zero-order chi connectivity index (χ0) is 13.2. The van der Waals surface area contributed by atoms with Gasteiger partial charge in [0.15, 0.2) is 0 Å². The van der Waals surface area contributed by atoms with Crippen LogP contribution in [0.5, 0.6) is 0 Å². The molecule has 1 rings (SSSR count). The summed E-state index contributed by atoms with van der Waals surface area (Å²) in [5.41, 5.74) is -0.149. The van der Waals surface area contributed by atoms with Crippen LogP contribution in [0, 0.1) is 0 Å². The molecule has 0 fully saturated rings. The Balaban J connectivity index is 3.23. The second-order valence-electron chi connectivity index (χ2n) is 3.45. The smallest absolute Gasteiger partial charge is 0.212 e. The van der Waals surface area contributed by atoms with Crippen LogP contribution in [0.15, 0.2) is 30.1 Å². The van der Waals surface area contributed by atoms with E-state index in [1.165, 1.54) is 12.1 Å². The molecule has 0 aliphatic carbocycles. The highest BCUT2D eigenvalue weighted by atomic mass is 35.5. The summed E-state index contributed by atoms with van der Waals surface area (Å²) in [4.78, 5) is 0. The largest absolute Gasteiger partial charge is 0.399 e. The van der Waals surface area contributed by atoms with E-state index in [4.69, 9.17) is 23.2 Å². The summed E-state index contributed by atoms with van der Waals surface area (Å²) in [6.07, 6.45) is -4.08. The maximum absolute atomic E-state index is 12.7. The molecular formula is C11H8Cl2F4. The summed E-state index contributed by atoms with van der Waals surface area (Å²) in [6, 6.07) is 3.51. The SMILES string of the molecule is C/C(F)=C/C(c1ccc(Cl)c(Cl)c1)C(F)(F)F. The molecule has 0 heterocycles. The first-order valence-corrected chi connectivity index (χ1v) is 5.33. The third-order valence-electron chi connectivity index (χ3n) is 2.05. The zero-order valence-corrected chi connectivity index (χ0v) is 10.2. The molecular weight excluding hydrogens is 279 g/mol. The number of halogens is 6. The van der Waals surface area contributed by atoms with Gasteiger partial charge in [0.2, 0.25) is 0 Å². The maximum Gasteiger partial charge on any atom is 0.399 e. The molecule has 0 radical (unpaired) electrons. The van der Waals surface area contributed by atoms with Crippen LogP contribution in [0.3, 0.4) is 0 Å². The van der Waals surface area contributed by atoms with Crippen molar-refractivity contribution in [1.29, 1.82) is 0 Å². The molecule has 1 atom stereocenters. The number of hydrogen-bond donors (Lipinski definition) is 0. The molecule has 0 aromatic heterocycles. The summed E-state index contributed by atoms with van der Waals surface area (Å²) >= 11 is 11.2. The average molecular weight is 287 g/mol. The molecule has 0 saturated carbocycles. The summed E-state index contributed by atoms with van der Waals surface area (Å²) in [7, 11) is 0. The molecule has 0 saturated heterocycles. The first-order chi connectivity index (χ1) is 7.71. The van der Waals surface area contributed by atoms with Gasteiger partial charge in [-0.15, -0.1) is 0 Å². The summed E-state index contributed by atoms with van der Waals surface area (Å²) in [5.74, 6) is -2.93. The Hall–Kier alpha value is -0.740. The lowest BCUT2D eigenvalue weighted by Crippen LogP contribution is -2.19. The van der Waals surface area contributed by atoms with Gasteiger partial charge in [0.1, 0.15) is 5.92 Å². The average Bonchev–Trinajstić information content (AvgIpc) is 2.17. The van der Waals surface area contributed by atoms with Gasteiger partial charge in [0.25, 0.3) is 0 Å². The van der Waals surface area contributed by atoms with E-state index in [1.807, 2.05) is 0 Å². The van der Waals surface area contributed by atoms with Crippen molar-refractivity contribution in [3.63, 3.8) is 0 Å². The first-order valence-electron chi connectivity index (χ1n) is 4.57. The Kier molecular flexibility index (Phi) is 4.44. The number of benzene rings is 1. The predicted octanol–water partition coefficient (Wildman–Crippen LogP) is 5.51. The lowest BCUT2D eigenvalue weighted by atomic mass is 9.98. The molecule has 0 amide bonds. The molecule has 94 valence electrons. The first kappa shape index (κ1) is 14.3. The van der Waals surface area contributed by atoms with E-state index in [-0.39, 0.29) is 15.6 Å². The van der Waals surface area contributed by atoms with Crippen molar-refractivity contribution in [2.75, 3.05) is 0 Å².